The van der Waals surface area contributed by atoms with Gasteiger partial charge in [0.15, 0.2) is 5.13 Å². The number of thiazole rings is 1. The molecular weight excluding hydrogens is 313 g/mol. The molecule has 7 heteroatoms. The van der Waals surface area contributed by atoms with E-state index < -0.39 is 6.04 Å². The zero-order valence-electron chi connectivity index (χ0n) is 11.5. The van der Waals surface area contributed by atoms with Crippen LogP contribution in [0.4, 0.5) is 9.52 Å². The van der Waals surface area contributed by atoms with Crippen molar-refractivity contribution in [3.8, 4) is 11.3 Å². The molecule has 0 fully saturated rings. The summed E-state index contributed by atoms with van der Waals surface area (Å²) in [7, 11) is 0. The van der Waals surface area contributed by atoms with Crippen molar-refractivity contribution in [2.45, 2.75) is 25.8 Å². The fourth-order valence-corrected chi connectivity index (χ4v) is 2.48. The highest BCUT2D eigenvalue weighted by Gasteiger charge is 2.15. The molecule has 2 rings (SSSR count). The third-order valence-electron chi connectivity index (χ3n) is 2.82. The van der Waals surface area contributed by atoms with Crippen molar-refractivity contribution in [1.29, 1.82) is 0 Å². The summed E-state index contributed by atoms with van der Waals surface area (Å²) in [5.74, 6) is -0.598. The van der Waals surface area contributed by atoms with Gasteiger partial charge >= 0.3 is 0 Å². The molecule has 0 radical (unpaired) electrons. The summed E-state index contributed by atoms with van der Waals surface area (Å²) in [6.45, 7) is 1.97. The van der Waals surface area contributed by atoms with Crippen LogP contribution >= 0.6 is 23.7 Å². The van der Waals surface area contributed by atoms with Crippen LogP contribution in [0.15, 0.2) is 29.6 Å². The largest absolute Gasteiger partial charge is 0.320 e. The first-order chi connectivity index (χ1) is 9.61. The monoisotopic (exact) mass is 329 g/mol. The topological polar surface area (TPSA) is 68.0 Å². The molecule has 21 heavy (non-hydrogen) atoms. The zero-order chi connectivity index (χ0) is 14.5. The normalized spacial score (nSPS) is 11.6. The average Bonchev–Trinajstić information content (AvgIpc) is 2.87. The quantitative estimate of drug-likeness (QED) is 0.883. The minimum Gasteiger partial charge on any atom is -0.320 e. The third kappa shape index (κ3) is 4.49. The summed E-state index contributed by atoms with van der Waals surface area (Å²) in [4.78, 5) is 16.0. The van der Waals surface area contributed by atoms with Crippen molar-refractivity contribution in [1.82, 2.24) is 4.98 Å². The second-order valence-electron chi connectivity index (χ2n) is 4.40. The Morgan fingerprint density at radius 3 is 2.86 bits per heavy atom. The van der Waals surface area contributed by atoms with Gasteiger partial charge in [-0.15, -0.1) is 23.7 Å². The number of hydrogen-bond acceptors (Lipinski definition) is 4. The highest BCUT2D eigenvalue weighted by molar-refractivity contribution is 7.14. The molecule has 2 aromatic rings. The van der Waals surface area contributed by atoms with Gasteiger partial charge in [0.05, 0.1) is 11.7 Å². The third-order valence-corrected chi connectivity index (χ3v) is 3.58. The Kier molecular flexibility index (Phi) is 6.74. The number of benzene rings is 1. The maximum atomic E-state index is 13.6. The van der Waals surface area contributed by atoms with Gasteiger partial charge in [0.1, 0.15) is 5.82 Å². The molecule has 0 aliphatic heterocycles. The maximum Gasteiger partial charge on any atom is 0.243 e. The molecule has 1 heterocycles. The van der Waals surface area contributed by atoms with E-state index in [-0.39, 0.29) is 24.1 Å². The van der Waals surface area contributed by atoms with Gasteiger partial charge in [-0.25, -0.2) is 9.37 Å². The summed E-state index contributed by atoms with van der Waals surface area (Å²) in [6, 6.07) is 5.86. The second kappa shape index (κ2) is 8.07. The molecule has 0 aliphatic carbocycles. The molecule has 0 aliphatic rings. The second-order valence-corrected chi connectivity index (χ2v) is 5.26. The van der Waals surface area contributed by atoms with Crippen molar-refractivity contribution < 1.29 is 9.18 Å². The number of halogens is 2. The SMILES string of the molecule is CCCC(N)C(=O)Nc1nc(-c2ccccc2F)cs1.Cl. The lowest BCUT2D eigenvalue weighted by atomic mass is 10.1. The Morgan fingerprint density at radius 2 is 2.19 bits per heavy atom. The van der Waals surface area contributed by atoms with Crippen LogP contribution in [0.3, 0.4) is 0 Å². The van der Waals surface area contributed by atoms with Gasteiger partial charge in [-0.05, 0) is 18.6 Å². The fourth-order valence-electron chi connectivity index (χ4n) is 1.76. The zero-order valence-corrected chi connectivity index (χ0v) is 13.1. The van der Waals surface area contributed by atoms with E-state index in [4.69, 9.17) is 5.73 Å². The van der Waals surface area contributed by atoms with Crippen LogP contribution in [0.25, 0.3) is 11.3 Å². The lowest BCUT2D eigenvalue weighted by Gasteiger charge is -2.08. The summed E-state index contributed by atoms with van der Waals surface area (Å²) in [5.41, 5.74) is 6.65. The van der Waals surface area contributed by atoms with E-state index in [2.05, 4.69) is 10.3 Å². The molecule has 0 saturated carbocycles. The molecule has 1 unspecified atom stereocenters. The number of nitrogens with one attached hydrogen (secondary N) is 1. The molecular formula is C14H17ClFN3OS. The van der Waals surface area contributed by atoms with Gasteiger partial charge < -0.3 is 11.1 Å². The highest BCUT2D eigenvalue weighted by Crippen LogP contribution is 2.26. The predicted octanol–water partition coefficient (Wildman–Crippen LogP) is 3.44. The standard InChI is InChI=1S/C14H16FN3OS.ClH/c1-2-5-11(16)13(19)18-14-17-12(8-20-14)9-6-3-4-7-10(9)15;/h3-4,6-8,11H,2,5,16H2,1H3,(H,17,18,19);1H. The van der Waals surface area contributed by atoms with Crippen molar-refractivity contribution in [2.24, 2.45) is 5.73 Å². The van der Waals surface area contributed by atoms with Gasteiger partial charge in [-0.1, -0.05) is 25.5 Å². The molecule has 3 N–H and O–H groups in total. The Bertz CT molecular complexity index is 605. The van der Waals surface area contributed by atoms with Crippen LogP contribution < -0.4 is 11.1 Å². The van der Waals surface area contributed by atoms with E-state index in [1.165, 1.54) is 17.4 Å². The molecule has 1 atom stereocenters. The van der Waals surface area contributed by atoms with Crippen molar-refractivity contribution in [3.63, 3.8) is 0 Å². The van der Waals surface area contributed by atoms with Crippen LogP contribution in [0, 0.1) is 5.82 Å². The molecule has 4 nitrogen and oxygen atoms in total. The summed E-state index contributed by atoms with van der Waals surface area (Å²) in [6.07, 6.45) is 1.46. The minimum absolute atomic E-state index is 0. The number of nitrogens with zero attached hydrogens (tertiary/aromatic N) is 1. The van der Waals surface area contributed by atoms with E-state index in [0.717, 1.165) is 6.42 Å². The van der Waals surface area contributed by atoms with E-state index in [0.29, 0.717) is 22.8 Å². The predicted molar refractivity (Wildman–Crippen MR) is 86.3 cm³/mol. The van der Waals surface area contributed by atoms with Gasteiger partial charge in [0, 0.05) is 10.9 Å². The van der Waals surface area contributed by atoms with E-state index >= 15 is 0 Å². The molecule has 1 amide bonds. The Labute approximate surface area is 133 Å². The number of rotatable bonds is 5. The van der Waals surface area contributed by atoms with Crippen molar-refractivity contribution in [2.75, 3.05) is 5.32 Å². The van der Waals surface area contributed by atoms with Crippen LogP contribution in [0.2, 0.25) is 0 Å². The molecule has 1 aromatic carbocycles. The minimum atomic E-state index is -0.541. The van der Waals surface area contributed by atoms with Gasteiger partial charge in [-0.3, -0.25) is 4.79 Å². The van der Waals surface area contributed by atoms with E-state index in [1.807, 2.05) is 6.92 Å². The molecule has 0 saturated heterocycles. The number of aromatic nitrogens is 1. The van der Waals surface area contributed by atoms with Crippen molar-refractivity contribution >= 4 is 34.8 Å². The summed E-state index contributed by atoms with van der Waals surface area (Å²) < 4.78 is 13.6. The molecule has 0 spiro atoms. The number of carbonyl (C=O) groups excluding carboxylic acids is 1. The smallest absolute Gasteiger partial charge is 0.243 e. The average molecular weight is 330 g/mol. The highest BCUT2D eigenvalue weighted by atomic mass is 35.5. The fraction of sp³-hybridized carbons (Fsp3) is 0.286. The van der Waals surface area contributed by atoms with Gasteiger partial charge in [0.2, 0.25) is 5.91 Å². The number of hydrogen-bond donors (Lipinski definition) is 2. The first kappa shape index (κ1) is 17.6. The lowest BCUT2D eigenvalue weighted by molar-refractivity contribution is -0.117. The van der Waals surface area contributed by atoms with Crippen LogP contribution in [-0.2, 0) is 4.79 Å². The molecule has 114 valence electrons. The van der Waals surface area contributed by atoms with E-state index in [1.54, 1.807) is 23.6 Å². The molecule has 0 bridgehead atoms. The number of nitrogens with two attached hydrogens (primary N) is 1. The van der Waals surface area contributed by atoms with Gasteiger partial charge in [-0.2, -0.15) is 0 Å². The molecule has 1 aromatic heterocycles. The number of carbonyl (C=O) groups is 1. The van der Waals surface area contributed by atoms with Crippen LogP contribution in [0.5, 0.6) is 0 Å². The Morgan fingerprint density at radius 1 is 1.48 bits per heavy atom. The van der Waals surface area contributed by atoms with Gasteiger partial charge in [0.25, 0.3) is 0 Å². The number of amides is 1. The van der Waals surface area contributed by atoms with Crippen molar-refractivity contribution in [3.05, 3.63) is 35.5 Å². The Balaban J connectivity index is 0.00000220. The Hall–Kier alpha value is -1.50. The summed E-state index contributed by atoms with van der Waals surface area (Å²) in [5, 5.41) is 4.80. The van der Waals surface area contributed by atoms with Crippen LogP contribution in [0.1, 0.15) is 19.8 Å². The van der Waals surface area contributed by atoms with Crippen LogP contribution in [-0.4, -0.2) is 16.9 Å². The first-order valence-corrected chi connectivity index (χ1v) is 7.26. The summed E-state index contributed by atoms with van der Waals surface area (Å²) >= 11 is 1.25. The lowest BCUT2D eigenvalue weighted by Crippen LogP contribution is -2.35. The maximum absolute atomic E-state index is 13.6. The number of anilines is 1. The van der Waals surface area contributed by atoms with E-state index in [9.17, 15) is 9.18 Å². The first-order valence-electron chi connectivity index (χ1n) is 6.38.